The van der Waals surface area contributed by atoms with E-state index in [9.17, 15) is 9.59 Å². The predicted octanol–water partition coefficient (Wildman–Crippen LogP) is 5.44. The topological polar surface area (TPSA) is 88.5 Å². The minimum Gasteiger partial charge on any atom is -0.481 e. The van der Waals surface area contributed by atoms with Crippen molar-refractivity contribution in [1.82, 2.24) is 4.98 Å². The molecule has 0 aliphatic heterocycles. The van der Waals surface area contributed by atoms with Crippen molar-refractivity contribution in [1.29, 1.82) is 0 Å². The third kappa shape index (κ3) is 4.50. The van der Waals surface area contributed by atoms with Gasteiger partial charge in [-0.2, -0.15) is 0 Å². The molecule has 4 aromatic rings. The molecule has 0 aliphatic carbocycles. The molecule has 1 heterocycles. The van der Waals surface area contributed by atoms with Crippen LogP contribution in [-0.4, -0.2) is 28.6 Å². The molecule has 150 valence electrons. The number of aromatic nitrogens is 1. The minimum atomic E-state index is -1.09. The smallest absolute Gasteiger partial charge is 0.341 e. The van der Waals surface area contributed by atoms with Gasteiger partial charge in [0.1, 0.15) is 10.8 Å². The number of amides is 1. The number of carbonyl (C=O) groups excluding carboxylic acids is 1. The number of fused-ring (bicyclic) bond motifs is 1. The van der Waals surface area contributed by atoms with Crippen LogP contribution in [0.25, 0.3) is 20.8 Å². The normalized spacial score (nSPS) is 10.7. The summed E-state index contributed by atoms with van der Waals surface area (Å²) in [7, 11) is 0. The van der Waals surface area contributed by atoms with Gasteiger partial charge in [-0.1, -0.05) is 28.1 Å². The van der Waals surface area contributed by atoms with Crippen LogP contribution in [0.4, 0.5) is 5.69 Å². The van der Waals surface area contributed by atoms with Crippen molar-refractivity contribution in [3.05, 3.63) is 76.8 Å². The highest BCUT2D eigenvalue weighted by atomic mass is 79.9. The lowest BCUT2D eigenvalue weighted by Gasteiger charge is -2.12. The highest BCUT2D eigenvalue weighted by Gasteiger charge is 2.15. The molecule has 30 heavy (non-hydrogen) atoms. The first kappa shape index (κ1) is 20.1. The van der Waals surface area contributed by atoms with Crippen molar-refractivity contribution in [3.8, 4) is 16.3 Å². The van der Waals surface area contributed by atoms with Crippen LogP contribution >= 0.6 is 27.3 Å². The molecule has 1 amide bonds. The number of anilines is 1. The molecule has 2 N–H and O–H groups in total. The summed E-state index contributed by atoms with van der Waals surface area (Å²) in [5.74, 6) is -1.03. The number of rotatable bonds is 6. The van der Waals surface area contributed by atoms with Crippen molar-refractivity contribution in [2.45, 2.75) is 0 Å². The van der Waals surface area contributed by atoms with Gasteiger partial charge in [0.25, 0.3) is 5.91 Å². The molecule has 0 saturated heterocycles. The molecule has 8 heteroatoms. The second-order valence-corrected chi connectivity index (χ2v) is 8.29. The van der Waals surface area contributed by atoms with E-state index >= 15 is 0 Å². The molecule has 1 aromatic heterocycles. The fourth-order valence-corrected chi connectivity index (χ4v) is 4.09. The Balaban J connectivity index is 1.66. The summed E-state index contributed by atoms with van der Waals surface area (Å²) in [5, 5.41) is 12.5. The molecule has 4 rings (SSSR count). The number of aliphatic carboxylic acids is 1. The number of nitrogens with one attached hydrogen (secondary N) is 1. The van der Waals surface area contributed by atoms with Gasteiger partial charge in [0.05, 0.1) is 15.8 Å². The van der Waals surface area contributed by atoms with Gasteiger partial charge >= 0.3 is 5.97 Å². The standard InChI is InChI=1S/C22H15BrN2O4S/c23-14-7-5-13(6-8-14)21(28)24-15-9-10-16(18(11-15)29-12-20(26)27)22-25-17-3-1-2-4-19(17)30-22/h1-11H,12H2,(H,24,28)(H,26,27). The van der Waals surface area contributed by atoms with Crippen molar-refractivity contribution in [2.75, 3.05) is 11.9 Å². The molecular weight excluding hydrogens is 468 g/mol. The summed E-state index contributed by atoms with van der Waals surface area (Å²) in [6.07, 6.45) is 0. The van der Waals surface area contributed by atoms with Crippen LogP contribution in [0.2, 0.25) is 0 Å². The molecule has 0 unspecified atom stereocenters. The van der Waals surface area contributed by atoms with E-state index in [4.69, 9.17) is 9.84 Å². The lowest BCUT2D eigenvalue weighted by molar-refractivity contribution is -0.139. The molecule has 0 spiro atoms. The highest BCUT2D eigenvalue weighted by molar-refractivity contribution is 9.10. The van der Waals surface area contributed by atoms with Gasteiger partial charge in [-0.25, -0.2) is 9.78 Å². The lowest BCUT2D eigenvalue weighted by Crippen LogP contribution is -2.13. The maximum absolute atomic E-state index is 12.5. The maximum Gasteiger partial charge on any atom is 0.341 e. The first-order valence-corrected chi connectivity index (χ1v) is 10.5. The molecular formula is C22H15BrN2O4S. The number of carbonyl (C=O) groups is 2. The van der Waals surface area contributed by atoms with E-state index in [0.717, 1.165) is 14.7 Å². The molecule has 0 fully saturated rings. The third-order valence-corrected chi connectivity index (χ3v) is 5.82. The van der Waals surface area contributed by atoms with Crippen molar-refractivity contribution < 1.29 is 19.4 Å². The van der Waals surface area contributed by atoms with Crippen molar-refractivity contribution in [3.63, 3.8) is 0 Å². The number of halogens is 1. The summed E-state index contributed by atoms with van der Waals surface area (Å²) in [6, 6.07) is 19.8. The predicted molar refractivity (Wildman–Crippen MR) is 120 cm³/mol. The first-order chi connectivity index (χ1) is 14.5. The Morgan fingerprint density at radius 1 is 1.07 bits per heavy atom. The molecule has 6 nitrogen and oxygen atoms in total. The van der Waals surface area contributed by atoms with Crippen LogP contribution < -0.4 is 10.1 Å². The Bertz CT molecular complexity index is 1200. The number of para-hydroxylation sites is 1. The quantitative estimate of drug-likeness (QED) is 0.381. The number of thiazole rings is 1. The van der Waals surface area contributed by atoms with E-state index in [-0.39, 0.29) is 5.91 Å². The minimum absolute atomic E-state index is 0.278. The van der Waals surface area contributed by atoms with Crippen LogP contribution in [0.5, 0.6) is 5.75 Å². The van der Waals surface area contributed by atoms with Gasteiger partial charge in [0.2, 0.25) is 0 Å². The van der Waals surface area contributed by atoms with Crippen LogP contribution in [0.1, 0.15) is 10.4 Å². The lowest BCUT2D eigenvalue weighted by atomic mass is 10.1. The summed E-state index contributed by atoms with van der Waals surface area (Å²) in [6.45, 7) is -0.498. The number of hydrogen-bond acceptors (Lipinski definition) is 5. The van der Waals surface area contributed by atoms with Crippen LogP contribution in [0.15, 0.2) is 71.2 Å². The van der Waals surface area contributed by atoms with E-state index in [1.165, 1.54) is 11.3 Å². The number of hydrogen-bond donors (Lipinski definition) is 2. The van der Waals surface area contributed by atoms with Crippen LogP contribution in [0, 0.1) is 0 Å². The van der Waals surface area contributed by atoms with E-state index in [1.807, 2.05) is 24.3 Å². The fourth-order valence-electron chi connectivity index (χ4n) is 2.83. The Kier molecular flexibility index (Phi) is 5.78. The second-order valence-electron chi connectivity index (χ2n) is 6.34. The van der Waals surface area contributed by atoms with E-state index in [0.29, 0.717) is 27.6 Å². The van der Waals surface area contributed by atoms with Gasteiger partial charge in [0.15, 0.2) is 6.61 Å². The van der Waals surface area contributed by atoms with Gasteiger partial charge in [-0.15, -0.1) is 11.3 Å². The molecule has 3 aromatic carbocycles. The molecule has 0 atom stereocenters. The third-order valence-electron chi connectivity index (χ3n) is 4.22. The fraction of sp³-hybridized carbons (Fsp3) is 0.0455. The van der Waals surface area contributed by atoms with E-state index < -0.39 is 12.6 Å². The Labute approximate surface area is 184 Å². The van der Waals surface area contributed by atoms with E-state index in [1.54, 1.807) is 42.5 Å². The van der Waals surface area contributed by atoms with Crippen molar-refractivity contribution >= 4 is 55.0 Å². The van der Waals surface area contributed by atoms with Gasteiger partial charge in [0, 0.05) is 21.8 Å². The number of benzene rings is 3. The maximum atomic E-state index is 12.5. The van der Waals surface area contributed by atoms with Gasteiger partial charge < -0.3 is 15.2 Å². The zero-order valence-electron chi connectivity index (χ0n) is 15.5. The monoisotopic (exact) mass is 482 g/mol. The average molecular weight is 483 g/mol. The largest absolute Gasteiger partial charge is 0.481 e. The van der Waals surface area contributed by atoms with Gasteiger partial charge in [-0.05, 0) is 48.5 Å². The second kappa shape index (κ2) is 8.64. The number of carboxylic acids is 1. The number of nitrogens with zero attached hydrogens (tertiary/aromatic N) is 1. The van der Waals surface area contributed by atoms with E-state index in [2.05, 4.69) is 26.2 Å². The Hall–Kier alpha value is -3.23. The number of carboxylic acid groups (broad SMARTS) is 1. The van der Waals surface area contributed by atoms with Crippen LogP contribution in [-0.2, 0) is 4.79 Å². The average Bonchev–Trinajstić information content (AvgIpc) is 3.16. The highest BCUT2D eigenvalue weighted by Crippen LogP contribution is 2.37. The summed E-state index contributed by atoms with van der Waals surface area (Å²) in [5.41, 5.74) is 2.52. The molecule has 0 aliphatic rings. The summed E-state index contributed by atoms with van der Waals surface area (Å²) in [4.78, 5) is 28.1. The Morgan fingerprint density at radius 2 is 1.83 bits per heavy atom. The zero-order valence-corrected chi connectivity index (χ0v) is 17.9. The van der Waals surface area contributed by atoms with Crippen molar-refractivity contribution in [2.24, 2.45) is 0 Å². The molecule has 0 bridgehead atoms. The molecule has 0 saturated carbocycles. The van der Waals surface area contributed by atoms with Gasteiger partial charge in [-0.3, -0.25) is 4.79 Å². The van der Waals surface area contributed by atoms with Crippen LogP contribution in [0.3, 0.4) is 0 Å². The number of ether oxygens (including phenoxy) is 1. The zero-order chi connectivity index (χ0) is 21.1. The molecule has 0 radical (unpaired) electrons. The summed E-state index contributed by atoms with van der Waals surface area (Å²) < 4.78 is 7.40. The SMILES string of the molecule is O=C(O)COc1cc(NC(=O)c2ccc(Br)cc2)ccc1-c1nc2ccccc2s1. The summed E-state index contributed by atoms with van der Waals surface area (Å²) >= 11 is 4.83. The Morgan fingerprint density at radius 3 is 2.57 bits per heavy atom. The first-order valence-electron chi connectivity index (χ1n) is 8.91.